The van der Waals surface area contributed by atoms with E-state index in [1.807, 2.05) is 0 Å². The molecule has 0 radical (unpaired) electrons. The van der Waals surface area contributed by atoms with Crippen LogP contribution in [-0.2, 0) is 19.7 Å². The second-order valence-electron chi connectivity index (χ2n) is 2.26. The lowest BCUT2D eigenvalue weighted by atomic mass is 11.0. The summed E-state index contributed by atoms with van der Waals surface area (Å²) in [6, 6.07) is 0. The summed E-state index contributed by atoms with van der Waals surface area (Å²) in [4.78, 5) is 0. The maximum Gasteiger partial charge on any atom is 0.148 e. The summed E-state index contributed by atoms with van der Waals surface area (Å²) in [5.74, 6) is -0.572. The number of hydrogen-bond acceptors (Lipinski definition) is 4. The topological polar surface area (TPSA) is 68.3 Å². The Labute approximate surface area is 61.1 Å². The summed E-state index contributed by atoms with van der Waals surface area (Å²) in [6.45, 7) is 0. The van der Waals surface area contributed by atoms with Crippen molar-refractivity contribution in [1.29, 1.82) is 0 Å². The maximum absolute atomic E-state index is 10.4. The standard InChI is InChI=1S/C4H10O4S2/c1-9(5,6)3-4-10(2,7)8/h3-4H2,1-2H3. The summed E-state index contributed by atoms with van der Waals surface area (Å²) >= 11 is 0. The molecular formula is C4H10O4S2. The van der Waals surface area contributed by atoms with Gasteiger partial charge in [-0.2, -0.15) is 0 Å². The van der Waals surface area contributed by atoms with Crippen LogP contribution in [0.4, 0.5) is 0 Å². The molecule has 0 atom stereocenters. The van der Waals surface area contributed by atoms with Gasteiger partial charge in [-0.1, -0.05) is 0 Å². The van der Waals surface area contributed by atoms with Crippen molar-refractivity contribution >= 4 is 19.7 Å². The van der Waals surface area contributed by atoms with E-state index >= 15 is 0 Å². The van der Waals surface area contributed by atoms with Crippen LogP contribution in [-0.4, -0.2) is 40.9 Å². The van der Waals surface area contributed by atoms with E-state index in [0.717, 1.165) is 12.5 Å². The van der Waals surface area contributed by atoms with Gasteiger partial charge in [0.05, 0.1) is 11.5 Å². The van der Waals surface area contributed by atoms with E-state index in [1.165, 1.54) is 0 Å². The molecular weight excluding hydrogens is 176 g/mol. The number of sulfone groups is 2. The highest BCUT2D eigenvalue weighted by molar-refractivity contribution is 7.94. The molecule has 0 heterocycles. The summed E-state index contributed by atoms with van der Waals surface area (Å²) in [5, 5.41) is 0. The number of hydrogen-bond donors (Lipinski definition) is 0. The molecule has 10 heavy (non-hydrogen) atoms. The predicted octanol–water partition coefficient (Wildman–Crippen LogP) is -0.924. The van der Waals surface area contributed by atoms with Gasteiger partial charge in [0.15, 0.2) is 0 Å². The fourth-order valence-corrected chi connectivity index (χ4v) is 2.72. The zero-order valence-corrected chi connectivity index (χ0v) is 7.50. The molecule has 0 bridgehead atoms. The van der Waals surface area contributed by atoms with Crippen LogP contribution in [0.2, 0.25) is 0 Å². The molecule has 0 aromatic heterocycles. The van der Waals surface area contributed by atoms with Crippen LogP contribution in [0.25, 0.3) is 0 Å². The normalized spacial score (nSPS) is 13.4. The van der Waals surface area contributed by atoms with Crippen LogP contribution in [0.5, 0.6) is 0 Å². The first-order chi connectivity index (χ1) is 4.21. The van der Waals surface area contributed by atoms with Crippen molar-refractivity contribution in [3.05, 3.63) is 0 Å². The monoisotopic (exact) mass is 186 g/mol. The van der Waals surface area contributed by atoms with Crippen LogP contribution in [0.1, 0.15) is 0 Å². The molecule has 0 aromatic rings. The second-order valence-corrected chi connectivity index (χ2v) is 6.78. The Morgan fingerprint density at radius 3 is 1.10 bits per heavy atom. The lowest BCUT2D eigenvalue weighted by Gasteiger charge is -1.94. The van der Waals surface area contributed by atoms with E-state index in [0.29, 0.717) is 0 Å². The van der Waals surface area contributed by atoms with Crippen LogP contribution in [0.3, 0.4) is 0 Å². The third-order valence-electron chi connectivity index (χ3n) is 0.825. The molecule has 4 nitrogen and oxygen atoms in total. The van der Waals surface area contributed by atoms with Crippen LogP contribution < -0.4 is 0 Å². The molecule has 0 aliphatic carbocycles. The van der Waals surface area contributed by atoms with Gasteiger partial charge in [0.25, 0.3) is 0 Å². The SMILES string of the molecule is CS(=O)(=O)CCS(C)(=O)=O. The van der Waals surface area contributed by atoms with E-state index in [1.54, 1.807) is 0 Å². The molecule has 0 amide bonds. The molecule has 0 N–H and O–H groups in total. The predicted molar refractivity (Wildman–Crippen MR) is 39.4 cm³/mol. The molecule has 0 aliphatic heterocycles. The van der Waals surface area contributed by atoms with Crippen molar-refractivity contribution in [2.45, 2.75) is 0 Å². The lowest BCUT2D eigenvalue weighted by Crippen LogP contribution is -2.14. The minimum atomic E-state index is -3.14. The van der Waals surface area contributed by atoms with E-state index < -0.39 is 19.7 Å². The van der Waals surface area contributed by atoms with Crippen LogP contribution in [0.15, 0.2) is 0 Å². The molecule has 62 valence electrons. The van der Waals surface area contributed by atoms with E-state index in [2.05, 4.69) is 0 Å². The molecule has 0 saturated heterocycles. The Kier molecular flexibility index (Phi) is 2.85. The van der Waals surface area contributed by atoms with E-state index in [-0.39, 0.29) is 11.5 Å². The highest BCUT2D eigenvalue weighted by atomic mass is 32.2. The van der Waals surface area contributed by atoms with Crippen molar-refractivity contribution in [2.75, 3.05) is 24.0 Å². The largest absolute Gasteiger partial charge is 0.229 e. The first kappa shape index (κ1) is 9.90. The van der Waals surface area contributed by atoms with Gasteiger partial charge in [-0.05, 0) is 0 Å². The smallest absolute Gasteiger partial charge is 0.148 e. The summed E-state index contributed by atoms with van der Waals surface area (Å²) in [7, 11) is -6.27. The molecule has 0 aliphatic rings. The Morgan fingerprint density at radius 1 is 0.800 bits per heavy atom. The van der Waals surface area contributed by atoms with Crippen molar-refractivity contribution < 1.29 is 16.8 Å². The van der Waals surface area contributed by atoms with E-state index in [9.17, 15) is 16.8 Å². The summed E-state index contributed by atoms with van der Waals surface area (Å²) in [5.41, 5.74) is 0. The minimum Gasteiger partial charge on any atom is -0.229 e. The van der Waals surface area contributed by atoms with Crippen molar-refractivity contribution in [2.24, 2.45) is 0 Å². The molecule has 0 fully saturated rings. The number of rotatable bonds is 3. The average Bonchev–Trinajstić information content (AvgIpc) is 1.57. The molecule has 0 aromatic carbocycles. The van der Waals surface area contributed by atoms with Crippen molar-refractivity contribution in [3.63, 3.8) is 0 Å². The van der Waals surface area contributed by atoms with Crippen LogP contribution in [0, 0.1) is 0 Å². The average molecular weight is 186 g/mol. The Morgan fingerprint density at radius 2 is 1.00 bits per heavy atom. The lowest BCUT2D eigenvalue weighted by molar-refractivity contribution is 0.593. The van der Waals surface area contributed by atoms with Gasteiger partial charge in [0.1, 0.15) is 19.7 Å². The first-order valence-corrected chi connectivity index (χ1v) is 6.68. The van der Waals surface area contributed by atoms with Crippen LogP contribution >= 0.6 is 0 Å². The molecule has 6 heteroatoms. The Balaban J connectivity index is 4.05. The Bertz CT molecular complexity index is 251. The van der Waals surface area contributed by atoms with Gasteiger partial charge >= 0.3 is 0 Å². The first-order valence-electron chi connectivity index (χ1n) is 2.56. The third-order valence-corrected chi connectivity index (χ3v) is 2.97. The third kappa shape index (κ3) is 7.90. The molecule has 0 saturated carbocycles. The molecule has 0 unspecified atom stereocenters. The maximum atomic E-state index is 10.4. The second kappa shape index (κ2) is 2.87. The van der Waals surface area contributed by atoms with Gasteiger partial charge in [-0.3, -0.25) is 0 Å². The summed E-state index contributed by atoms with van der Waals surface area (Å²) < 4.78 is 41.7. The highest BCUT2D eigenvalue weighted by Crippen LogP contribution is 1.87. The zero-order chi connectivity index (χ0) is 8.41. The van der Waals surface area contributed by atoms with Crippen molar-refractivity contribution in [1.82, 2.24) is 0 Å². The molecule has 0 spiro atoms. The van der Waals surface area contributed by atoms with E-state index in [4.69, 9.17) is 0 Å². The van der Waals surface area contributed by atoms with Crippen molar-refractivity contribution in [3.8, 4) is 0 Å². The van der Waals surface area contributed by atoms with Gasteiger partial charge in [0, 0.05) is 12.5 Å². The molecule has 0 rings (SSSR count). The van der Waals surface area contributed by atoms with Gasteiger partial charge in [0.2, 0.25) is 0 Å². The zero-order valence-electron chi connectivity index (χ0n) is 5.86. The summed E-state index contributed by atoms with van der Waals surface area (Å²) in [6.07, 6.45) is 2.02. The highest BCUT2D eigenvalue weighted by Gasteiger charge is 2.07. The quantitative estimate of drug-likeness (QED) is 0.571. The Hall–Kier alpha value is -0.100. The van der Waals surface area contributed by atoms with Gasteiger partial charge in [-0.25, -0.2) is 16.8 Å². The minimum absolute atomic E-state index is 0.286. The fraction of sp³-hybridized carbons (Fsp3) is 1.00. The fourth-order valence-electron chi connectivity index (χ4n) is 0.303. The van der Waals surface area contributed by atoms with Gasteiger partial charge < -0.3 is 0 Å². The van der Waals surface area contributed by atoms with Gasteiger partial charge in [-0.15, -0.1) is 0 Å².